The molecule has 0 atom stereocenters. The predicted molar refractivity (Wildman–Crippen MR) is 78.9 cm³/mol. The second-order valence-corrected chi connectivity index (χ2v) is 7.76. The van der Waals surface area contributed by atoms with E-state index in [9.17, 15) is 8.42 Å². The lowest BCUT2D eigenvalue weighted by Gasteiger charge is -2.05. The van der Waals surface area contributed by atoms with Gasteiger partial charge in [-0.05, 0) is 36.9 Å². The molecule has 1 aromatic rings. The van der Waals surface area contributed by atoms with Crippen molar-refractivity contribution in [3.8, 4) is 0 Å². The summed E-state index contributed by atoms with van der Waals surface area (Å²) >= 11 is 1.72. The second kappa shape index (κ2) is 7.81. The number of nitrogens with one attached hydrogen (secondary N) is 1. The van der Waals surface area contributed by atoms with Crippen LogP contribution in [0.15, 0.2) is 29.2 Å². The van der Waals surface area contributed by atoms with Crippen LogP contribution < -0.4 is 5.32 Å². The molecule has 1 N–H and O–H groups in total. The molecule has 0 radical (unpaired) electrons. The Bertz CT molecular complexity index is 458. The Morgan fingerprint density at radius 3 is 2.78 bits per heavy atom. The number of rotatable bonds is 8. The van der Waals surface area contributed by atoms with Crippen LogP contribution in [0.3, 0.4) is 0 Å². The van der Waals surface area contributed by atoms with Gasteiger partial charge in [-0.2, -0.15) is 0 Å². The third-order valence-corrected chi connectivity index (χ3v) is 5.46. The third-order valence-electron chi connectivity index (χ3n) is 2.59. The molecule has 18 heavy (non-hydrogen) atoms. The molecular weight excluding hydrogens is 266 g/mol. The van der Waals surface area contributed by atoms with Crippen molar-refractivity contribution in [2.24, 2.45) is 0 Å². The van der Waals surface area contributed by atoms with E-state index >= 15 is 0 Å². The minimum absolute atomic E-state index is 0.245. The average molecular weight is 287 g/mol. The Balaban J connectivity index is 2.37. The van der Waals surface area contributed by atoms with E-state index in [0.717, 1.165) is 18.7 Å². The molecule has 3 nitrogen and oxygen atoms in total. The van der Waals surface area contributed by atoms with Crippen molar-refractivity contribution in [2.45, 2.75) is 24.8 Å². The topological polar surface area (TPSA) is 46.2 Å². The number of thioether (sulfide) groups is 1. The van der Waals surface area contributed by atoms with E-state index in [-0.39, 0.29) is 5.75 Å². The van der Waals surface area contributed by atoms with Crippen LogP contribution in [-0.2, 0) is 16.4 Å². The zero-order valence-corrected chi connectivity index (χ0v) is 12.6. The van der Waals surface area contributed by atoms with Crippen LogP contribution in [0, 0.1) is 0 Å². The highest BCUT2D eigenvalue weighted by Crippen LogP contribution is 2.20. The summed E-state index contributed by atoms with van der Waals surface area (Å²) in [7, 11) is -0.888. The zero-order valence-electron chi connectivity index (χ0n) is 11.0. The Hall–Kier alpha value is -0.520. The predicted octanol–water partition coefficient (Wildman–Crippen LogP) is 2.32. The summed E-state index contributed by atoms with van der Waals surface area (Å²) in [5.74, 6) is 1.39. The average Bonchev–Trinajstić information content (AvgIpc) is 2.36. The van der Waals surface area contributed by atoms with Crippen molar-refractivity contribution in [1.29, 1.82) is 0 Å². The molecule has 1 aromatic carbocycles. The van der Waals surface area contributed by atoms with Crippen LogP contribution in [0.25, 0.3) is 0 Å². The summed E-state index contributed by atoms with van der Waals surface area (Å²) in [6.07, 6.45) is 0.719. The first kappa shape index (κ1) is 15.5. The fourth-order valence-electron chi connectivity index (χ4n) is 1.56. The lowest BCUT2D eigenvalue weighted by atomic mass is 10.2. The first-order valence-corrected chi connectivity index (χ1v) is 8.95. The minimum Gasteiger partial charge on any atom is -0.316 e. The fraction of sp³-hybridized carbons (Fsp3) is 0.538. The maximum Gasteiger partial charge on any atom is 0.150 e. The largest absolute Gasteiger partial charge is 0.316 e. The van der Waals surface area contributed by atoms with Gasteiger partial charge in [0.1, 0.15) is 9.84 Å². The molecule has 0 aromatic heterocycles. The van der Waals surface area contributed by atoms with Crippen molar-refractivity contribution in [3.05, 3.63) is 29.8 Å². The van der Waals surface area contributed by atoms with E-state index < -0.39 is 9.84 Å². The van der Waals surface area contributed by atoms with Gasteiger partial charge in [0.05, 0.1) is 5.75 Å². The Morgan fingerprint density at radius 1 is 1.33 bits per heavy atom. The van der Waals surface area contributed by atoms with E-state index in [1.54, 1.807) is 18.7 Å². The molecule has 0 aliphatic heterocycles. The van der Waals surface area contributed by atoms with Crippen LogP contribution in [0.2, 0.25) is 0 Å². The Morgan fingerprint density at radius 2 is 2.11 bits per heavy atom. The van der Waals surface area contributed by atoms with E-state index in [1.165, 1.54) is 10.5 Å². The molecular formula is C13H21NO2S2. The maximum atomic E-state index is 11.3. The Labute approximate surface area is 114 Å². The van der Waals surface area contributed by atoms with E-state index in [0.29, 0.717) is 5.75 Å². The van der Waals surface area contributed by atoms with Gasteiger partial charge in [-0.15, -0.1) is 11.8 Å². The van der Waals surface area contributed by atoms with Crippen molar-refractivity contribution in [1.82, 2.24) is 5.32 Å². The molecule has 0 aliphatic carbocycles. The summed E-state index contributed by atoms with van der Waals surface area (Å²) in [4.78, 5) is 1.21. The quantitative estimate of drug-likeness (QED) is 0.589. The molecule has 102 valence electrons. The number of hydrogen-bond acceptors (Lipinski definition) is 4. The summed E-state index contributed by atoms with van der Waals surface area (Å²) < 4.78 is 22.7. The van der Waals surface area contributed by atoms with Gasteiger partial charge in [-0.25, -0.2) is 8.42 Å². The lowest BCUT2D eigenvalue weighted by molar-refractivity contribution is 0.596. The molecule has 0 saturated carbocycles. The molecule has 0 aliphatic rings. The summed E-state index contributed by atoms with van der Waals surface area (Å²) in [6.45, 7) is 2.56. The molecule has 0 spiro atoms. The molecule has 0 bridgehead atoms. The highest BCUT2D eigenvalue weighted by molar-refractivity contribution is 7.99. The third kappa shape index (κ3) is 5.89. The SMILES string of the molecule is CCS(=O)(=O)CCCSc1cccc(CNC)c1. The highest BCUT2D eigenvalue weighted by Gasteiger charge is 2.06. The molecule has 0 saturated heterocycles. The fourth-order valence-corrected chi connectivity index (χ4v) is 3.55. The van der Waals surface area contributed by atoms with Crippen LogP contribution >= 0.6 is 11.8 Å². The first-order valence-electron chi connectivity index (χ1n) is 6.14. The van der Waals surface area contributed by atoms with Crippen LogP contribution in [0.5, 0.6) is 0 Å². The van der Waals surface area contributed by atoms with Gasteiger partial charge in [0.25, 0.3) is 0 Å². The molecule has 0 heterocycles. The molecule has 0 unspecified atom stereocenters. The van der Waals surface area contributed by atoms with Gasteiger partial charge in [-0.1, -0.05) is 19.1 Å². The summed E-state index contributed by atoms with van der Waals surface area (Å²) in [5.41, 5.74) is 1.25. The smallest absolute Gasteiger partial charge is 0.150 e. The molecule has 5 heteroatoms. The van der Waals surface area contributed by atoms with Crippen LogP contribution in [0.1, 0.15) is 18.9 Å². The van der Waals surface area contributed by atoms with Gasteiger partial charge in [0.15, 0.2) is 0 Å². The molecule has 0 fully saturated rings. The minimum atomic E-state index is -2.81. The zero-order chi connectivity index (χ0) is 13.4. The van der Waals surface area contributed by atoms with Crippen LogP contribution in [-0.4, -0.2) is 32.7 Å². The van der Waals surface area contributed by atoms with Crippen molar-refractivity contribution in [2.75, 3.05) is 24.3 Å². The first-order chi connectivity index (χ1) is 8.57. The lowest BCUT2D eigenvalue weighted by Crippen LogP contribution is -2.09. The van der Waals surface area contributed by atoms with Gasteiger partial charge in [0, 0.05) is 17.2 Å². The van der Waals surface area contributed by atoms with E-state index in [2.05, 4.69) is 23.5 Å². The standard InChI is InChI=1S/C13H21NO2S2/c1-3-18(15,16)9-5-8-17-13-7-4-6-12(10-13)11-14-2/h4,6-7,10,14H,3,5,8-9,11H2,1-2H3. The van der Waals surface area contributed by atoms with Gasteiger partial charge < -0.3 is 5.32 Å². The number of hydrogen-bond donors (Lipinski definition) is 1. The van der Waals surface area contributed by atoms with Gasteiger partial charge >= 0.3 is 0 Å². The van der Waals surface area contributed by atoms with Crippen molar-refractivity contribution < 1.29 is 8.42 Å². The molecule has 0 amide bonds. The number of benzene rings is 1. The highest BCUT2D eigenvalue weighted by atomic mass is 32.2. The summed E-state index contributed by atoms with van der Waals surface area (Å²) in [5, 5.41) is 3.12. The normalized spacial score (nSPS) is 11.7. The summed E-state index contributed by atoms with van der Waals surface area (Å²) in [6, 6.07) is 8.34. The maximum absolute atomic E-state index is 11.3. The van der Waals surface area contributed by atoms with Crippen LogP contribution in [0.4, 0.5) is 0 Å². The second-order valence-electron chi connectivity index (χ2n) is 4.12. The van der Waals surface area contributed by atoms with Gasteiger partial charge in [0.2, 0.25) is 0 Å². The van der Waals surface area contributed by atoms with Crippen molar-refractivity contribution >= 4 is 21.6 Å². The van der Waals surface area contributed by atoms with E-state index in [1.807, 2.05) is 13.1 Å². The van der Waals surface area contributed by atoms with E-state index in [4.69, 9.17) is 0 Å². The molecule has 1 rings (SSSR count). The Kier molecular flexibility index (Phi) is 6.75. The monoisotopic (exact) mass is 287 g/mol. The van der Waals surface area contributed by atoms with Gasteiger partial charge in [-0.3, -0.25) is 0 Å². The van der Waals surface area contributed by atoms with Crippen molar-refractivity contribution in [3.63, 3.8) is 0 Å². The number of sulfone groups is 1.